The average molecular weight is 257 g/mol. The second kappa shape index (κ2) is 4.71. The fourth-order valence-corrected chi connectivity index (χ4v) is 1.67. The molecule has 1 aromatic carbocycles. The summed E-state index contributed by atoms with van der Waals surface area (Å²) in [6.07, 6.45) is -1.02. The van der Waals surface area contributed by atoms with Gasteiger partial charge in [-0.1, -0.05) is 48.0 Å². The lowest BCUT2D eigenvalue weighted by Crippen LogP contribution is -2.17. The fourth-order valence-electron chi connectivity index (χ4n) is 1.17. The van der Waals surface area contributed by atoms with E-state index in [1.165, 1.54) is 0 Å². The number of hydrogen-bond donors (Lipinski definition) is 1. The molecule has 1 atom stereocenters. The van der Waals surface area contributed by atoms with Crippen molar-refractivity contribution in [2.45, 2.75) is 20.0 Å². The number of hydrogen-bond acceptors (Lipinski definition) is 2. The number of ketones is 1. The van der Waals surface area contributed by atoms with Crippen LogP contribution < -0.4 is 0 Å². The quantitative estimate of drug-likeness (QED) is 0.903. The third-order valence-corrected chi connectivity index (χ3v) is 2.76. The Kier molecular flexibility index (Phi) is 3.84. The molecule has 0 aliphatic rings. The number of Topliss-reactive ketones (excluding diaryl/α,β-unsaturated/α-hetero) is 1. The molecular formula is C11H13BrO2. The summed E-state index contributed by atoms with van der Waals surface area (Å²) in [4.78, 5) is 11.5. The summed E-state index contributed by atoms with van der Waals surface area (Å²) in [5.74, 6) is -0.311. The first-order chi connectivity index (χ1) is 6.54. The van der Waals surface area contributed by atoms with Crippen molar-refractivity contribution in [1.82, 2.24) is 0 Å². The van der Waals surface area contributed by atoms with Gasteiger partial charge in [-0.25, -0.2) is 0 Å². The van der Waals surface area contributed by atoms with Crippen LogP contribution in [0.1, 0.15) is 25.5 Å². The van der Waals surface area contributed by atoms with Gasteiger partial charge in [0, 0.05) is 16.0 Å². The van der Waals surface area contributed by atoms with Crippen molar-refractivity contribution < 1.29 is 9.90 Å². The standard InChI is InChI=1S/C11H13BrO2/c1-7(2)10(13)11(14)8-5-3-4-6-9(8)12/h3-7,11,14H,1-2H3. The number of carbonyl (C=O) groups is 1. The zero-order valence-corrected chi connectivity index (χ0v) is 9.78. The number of rotatable bonds is 3. The maximum Gasteiger partial charge on any atom is 0.168 e. The molecule has 0 aromatic heterocycles. The molecule has 0 heterocycles. The van der Waals surface area contributed by atoms with Gasteiger partial charge >= 0.3 is 0 Å². The molecule has 0 radical (unpaired) electrons. The van der Waals surface area contributed by atoms with Crippen molar-refractivity contribution >= 4 is 21.7 Å². The summed E-state index contributed by atoms with van der Waals surface area (Å²) >= 11 is 3.30. The predicted molar refractivity (Wildman–Crippen MR) is 58.9 cm³/mol. The minimum atomic E-state index is -1.02. The van der Waals surface area contributed by atoms with Crippen LogP contribution in [0.2, 0.25) is 0 Å². The summed E-state index contributed by atoms with van der Waals surface area (Å²) in [5, 5.41) is 9.76. The second-order valence-electron chi connectivity index (χ2n) is 3.48. The maximum atomic E-state index is 11.5. The molecular weight excluding hydrogens is 244 g/mol. The highest BCUT2D eigenvalue weighted by Gasteiger charge is 2.21. The highest BCUT2D eigenvalue weighted by atomic mass is 79.9. The summed E-state index contributed by atoms with van der Waals surface area (Å²) in [6, 6.07) is 7.21. The minimum Gasteiger partial charge on any atom is -0.380 e. The van der Waals surface area contributed by atoms with Gasteiger partial charge in [0.25, 0.3) is 0 Å². The van der Waals surface area contributed by atoms with E-state index in [2.05, 4.69) is 15.9 Å². The Labute approximate surface area is 92.1 Å². The van der Waals surface area contributed by atoms with Crippen LogP contribution in [0.15, 0.2) is 28.7 Å². The van der Waals surface area contributed by atoms with E-state index < -0.39 is 6.10 Å². The molecule has 1 rings (SSSR count). The largest absolute Gasteiger partial charge is 0.380 e. The molecule has 0 saturated heterocycles. The van der Waals surface area contributed by atoms with E-state index in [1.54, 1.807) is 26.0 Å². The summed E-state index contributed by atoms with van der Waals surface area (Å²) in [5.41, 5.74) is 0.631. The lowest BCUT2D eigenvalue weighted by molar-refractivity contribution is -0.130. The third kappa shape index (κ3) is 2.42. The Bertz CT molecular complexity index is 334. The Morgan fingerprint density at radius 2 is 1.93 bits per heavy atom. The molecule has 76 valence electrons. The Balaban J connectivity index is 2.95. The fraction of sp³-hybridized carbons (Fsp3) is 0.364. The number of benzene rings is 1. The summed E-state index contributed by atoms with van der Waals surface area (Å²) in [7, 11) is 0. The van der Waals surface area contributed by atoms with Crippen molar-refractivity contribution in [3.63, 3.8) is 0 Å². The molecule has 14 heavy (non-hydrogen) atoms. The van der Waals surface area contributed by atoms with Gasteiger partial charge < -0.3 is 5.11 Å². The van der Waals surface area contributed by atoms with E-state index in [9.17, 15) is 9.90 Å². The SMILES string of the molecule is CC(C)C(=O)C(O)c1ccccc1Br. The minimum absolute atomic E-state index is 0.155. The van der Waals surface area contributed by atoms with Crippen LogP contribution in [-0.2, 0) is 4.79 Å². The van der Waals surface area contributed by atoms with Gasteiger partial charge in [-0.3, -0.25) is 4.79 Å². The van der Waals surface area contributed by atoms with Gasteiger partial charge in [-0.2, -0.15) is 0 Å². The molecule has 0 bridgehead atoms. The van der Waals surface area contributed by atoms with Gasteiger partial charge in [0.15, 0.2) is 5.78 Å². The van der Waals surface area contributed by atoms with E-state index >= 15 is 0 Å². The molecule has 0 amide bonds. The first-order valence-corrected chi connectivity index (χ1v) is 5.29. The van der Waals surface area contributed by atoms with Gasteiger partial charge in [0.05, 0.1) is 0 Å². The third-order valence-electron chi connectivity index (χ3n) is 2.04. The van der Waals surface area contributed by atoms with E-state index in [-0.39, 0.29) is 11.7 Å². The first kappa shape index (κ1) is 11.4. The lowest BCUT2D eigenvalue weighted by atomic mass is 9.98. The first-order valence-electron chi connectivity index (χ1n) is 4.50. The Hall–Kier alpha value is -0.670. The van der Waals surface area contributed by atoms with E-state index in [1.807, 2.05) is 12.1 Å². The van der Waals surface area contributed by atoms with Crippen molar-refractivity contribution in [3.8, 4) is 0 Å². The number of aliphatic hydroxyl groups is 1. The smallest absolute Gasteiger partial charge is 0.168 e. The van der Waals surface area contributed by atoms with Crippen LogP contribution in [0, 0.1) is 5.92 Å². The summed E-state index contributed by atoms with van der Waals surface area (Å²) in [6.45, 7) is 3.56. The maximum absolute atomic E-state index is 11.5. The van der Waals surface area contributed by atoms with Crippen LogP contribution in [0.4, 0.5) is 0 Å². The molecule has 0 fully saturated rings. The Morgan fingerprint density at radius 3 is 2.43 bits per heavy atom. The van der Waals surface area contributed by atoms with Crippen LogP contribution in [0.5, 0.6) is 0 Å². The van der Waals surface area contributed by atoms with Gasteiger partial charge in [-0.15, -0.1) is 0 Å². The topological polar surface area (TPSA) is 37.3 Å². The normalized spacial score (nSPS) is 12.9. The van der Waals surface area contributed by atoms with E-state index in [0.717, 1.165) is 4.47 Å². The van der Waals surface area contributed by atoms with Gasteiger partial charge in [-0.05, 0) is 6.07 Å². The van der Waals surface area contributed by atoms with Crippen molar-refractivity contribution in [1.29, 1.82) is 0 Å². The zero-order valence-electron chi connectivity index (χ0n) is 8.20. The number of aliphatic hydroxyl groups excluding tert-OH is 1. The molecule has 1 unspecified atom stereocenters. The number of halogens is 1. The average Bonchev–Trinajstić information content (AvgIpc) is 2.16. The number of carbonyl (C=O) groups excluding carboxylic acids is 1. The lowest BCUT2D eigenvalue weighted by Gasteiger charge is -2.13. The molecule has 0 spiro atoms. The monoisotopic (exact) mass is 256 g/mol. The molecule has 1 N–H and O–H groups in total. The van der Waals surface area contributed by atoms with Gasteiger partial charge in [0.1, 0.15) is 6.10 Å². The van der Waals surface area contributed by atoms with Crippen LogP contribution >= 0.6 is 15.9 Å². The molecule has 0 aliphatic carbocycles. The van der Waals surface area contributed by atoms with E-state index in [0.29, 0.717) is 5.56 Å². The van der Waals surface area contributed by atoms with Crippen LogP contribution in [0.3, 0.4) is 0 Å². The zero-order chi connectivity index (χ0) is 10.7. The highest BCUT2D eigenvalue weighted by molar-refractivity contribution is 9.10. The molecule has 1 aromatic rings. The molecule has 3 heteroatoms. The second-order valence-corrected chi connectivity index (χ2v) is 4.34. The van der Waals surface area contributed by atoms with Crippen molar-refractivity contribution in [2.75, 3.05) is 0 Å². The molecule has 0 aliphatic heterocycles. The van der Waals surface area contributed by atoms with Gasteiger partial charge in [0.2, 0.25) is 0 Å². The molecule has 2 nitrogen and oxygen atoms in total. The van der Waals surface area contributed by atoms with Crippen LogP contribution in [-0.4, -0.2) is 10.9 Å². The van der Waals surface area contributed by atoms with Crippen molar-refractivity contribution in [3.05, 3.63) is 34.3 Å². The summed E-state index contributed by atoms with van der Waals surface area (Å²) < 4.78 is 0.765. The molecule has 0 saturated carbocycles. The van der Waals surface area contributed by atoms with E-state index in [4.69, 9.17) is 0 Å². The Morgan fingerprint density at radius 1 is 1.36 bits per heavy atom. The highest BCUT2D eigenvalue weighted by Crippen LogP contribution is 2.25. The van der Waals surface area contributed by atoms with Crippen molar-refractivity contribution in [2.24, 2.45) is 5.92 Å². The van der Waals surface area contributed by atoms with Crippen LogP contribution in [0.25, 0.3) is 0 Å². The predicted octanol–water partition coefficient (Wildman–Crippen LogP) is 2.71.